The van der Waals surface area contributed by atoms with Crippen molar-refractivity contribution in [3.63, 3.8) is 0 Å². The van der Waals surface area contributed by atoms with Gasteiger partial charge in [-0.05, 0) is 30.2 Å². The summed E-state index contributed by atoms with van der Waals surface area (Å²) in [6.45, 7) is 2.39. The van der Waals surface area contributed by atoms with Gasteiger partial charge in [0.05, 0.1) is 17.2 Å². The van der Waals surface area contributed by atoms with Crippen LogP contribution in [-0.4, -0.2) is 26.8 Å². The molecule has 0 saturated carbocycles. The van der Waals surface area contributed by atoms with Gasteiger partial charge < -0.3 is 11.1 Å². The first-order valence-corrected chi connectivity index (χ1v) is 10.6. The smallest absolute Gasteiger partial charge is 0.257 e. The largest absolute Gasteiger partial charge is 0.383 e. The average molecular weight is 435 g/mol. The Kier molecular flexibility index (Phi) is 5.28. The van der Waals surface area contributed by atoms with Crippen LogP contribution in [0.4, 0.5) is 5.82 Å². The first-order chi connectivity index (χ1) is 16.1. The van der Waals surface area contributed by atoms with E-state index in [1.807, 2.05) is 85.8 Å². The topological polar surface area (TPSA) is 98.2 Å². The number of nitrogen functional groups attached to an aromatic ring is 1. The van der Waals surface area contributed by atoms with Crippen molar-refractivity contribution in [2.75, 3.05) is 5.73 Å². The van der Waals surface area contributed by atoms with E-state index >= 15 is 0 Å². The molecule has 5 rings (SSSR count). The number of aryl methyl sites for hydroxylation is 1. The number of benzene rings is 3. The van der Waals surface area contributed by atoms with Gasteiger partial charge in [0.2, 0.25) is 0 Å². The van der Waals surface area contributed by atoms with Crippen LogP contribution < -0.4 is 11.1 Å². The minimum absolute atomic E-state index is 0.190. The van der Waals surface area contributed by atoms with Crippen LogP contribution in [0.15, 0.2) is 84.0 Å². The first kappa shape index (κ1) is 20.4. The SMILES string of the molecule is Cc1cccc(C=Nn2c(N)c(C(=O)NCc3ccccc3)c3nc4ccccc4nc32)c1. The molecule has 7 nitrogen and oxygen atoms in total. The van der Waals surface area contributed by atoms with Crippen molar-refractivity contribution in [1.29, 1.82) is 0 Å². The van der Waals surface area contributed by atoms with Crippen LogP contribution in [0.25, 0.3) is 22.2 Å². The van der Waals surface area contributed by atoms with E-state index in [1.54, 1.807) is 6.21 Å². The molecule has 0 aliphatic carbocycles. The maximum Gasteiger partial charge on any atom is 0.257 e. The third-order valence-corrected chi connectivity index (χ3v) is 5.36. The van der Waals surface area contributed by atoms with E-state index in [0.29, 0.717) is 28.7 Å². The number of nitrogens with one attached hydrogen (secondary N) is 1. The summed E-state index contributed by atoms with van der Waals surface area (Å²) in [4.78, 5) is 22.6. The van der Waals surface area contributed by atoms with Gasteiger partial charge in [0.25, 0.3) is 5.91 Å². The van der Waals surface area contributed by atoms with Crippen LogP contribution in [0.3, 0.4) is 0 Å². The summed E-state index contributed by atoms with van der Waals surface area (Å²) in [6, 6.07) is 25.1. The zero-order valence-electron chi connectivity index (χ0n) is 18.1. The molecule has 162 valence electrons. The van der Waals surface area contributed by atoms with Gasteiger partial charge in [-0.15, -0.1) is 0 Å². The number of aromatic nitrogens is 3. The number of carbonyl (C=O) groups excluding carboxylic acids is 1. The maximum atomic E-state index is 13.2. The van der Waals surface area contributed by atoms with Crippen LogP contribution in [-0.2, 0) is 6.54 Å². The Morgan fingerprint density at radius 3 is 2.48 bits per heavy atom. The quantitative estimate of drug-likeness (QED) is 0.403. The van der Waals surface area contributed by atoms with Crippen LogP contribution in [0.2, 0.25) is 0 Å². The third-order valence-electron chi connectivity index (χ3n) is 5.36. The van der Waals surface area contributed by atoms with E-state index in [2.05, 4.69) is 10.4 Å². The molecule has 0 aliphatic rings. The number of carbonyl (C=O) groups is 1. The first-order valence-electron chi connectivity index (χ1n) is 10.6. The minimum Gasteiger partial charge on any atom is -0.383 e. The van der Waals surface area contributed by atoms with Gasteiger partial charge in [-0.25, -0.2) is 9.97 Å². The van der Waals surface area contributed by atoms with E-state index in [9.17, 15) is 4.79 Å². The number of fused-ring (bicyclic) bond motifs is 2. The Morgan fingerprint density at radius 1 is 1.00 bits per heavy atom. The molecular weight excluding hydrogens is 412 g/mol. The molecular formula is C26H22N6O. The highest BCUT2D eigenvalue weighted by Crippen LogP contribution is 2.28. The predicted molar refractivity (Wildman–Crippen MR) is 131 cm³/mol. The van der Waals surface area contributed by atoms with E-state index in [4.69, 9.17) is 15.7 Å². The van der Waals surface area contributed by atoms with Crippen LogP contribution in [0.5, 0.6) is 0 Å². The van der Waals surface area contributed by atoms with E-state index in [1.165, 1.54) is 4.68 Å². The van der Waals surface area contributed by atoms with Gasteiger partial charge in [0.15, 0.2) is 5.65 Å². The Hall–Kier alpha value is -4.52. The number of rotatable bonds is 5. The van der Waals surface area contributed by atoms with Crippen LogP contribution in [0.1, 0.15) is 27.0 Å². The Bertz CT molecular complexity index is 1500. The number of nitrogens with zero attached hydrogens (tertiary/aromatic N) is 4. The molecule has 0 saturated heterocycles. The molecule has 0 spiro atoms. The molecule has 0 unspecified atom stereocenters. The number of hydrogen-bond donors (Lipinski definition) is 2. The molecule has 0 radical (unpaired) electrons. The molecule has 7 heteroatoms. The molecule has 2 aromatic heterocycles. The number of amides is 1. The van der Waals surface area contributed by atoms with Crippen LogP contribution >= 0.6 is 0 Å². The number of hydrogen-bond acceptors (Lipinski definition) is 5. The second kappa shape index (κ2) is 8.55. The third kappa shape index (κ3) is 4.04. The lowest BCUT2D eigenvalue weighted by molar-refractivity contribution is 0.0953. The highest BCUT2D eigenvalue weighted by molar-refractivity contribution is 6.10. The summed E-state index contributed by atoms with van der Waals surface area (Å²) in [6.07, 6.45) is 1.70. The number of para-hydroxylation sites is 2. The lowest BCUT2D eigenvalue weighted by Gasteiger charge is -2.05. The molecule has 0 aliphatic heterocycles. The maximum absolute atomic E-state index is 13.2. The standard InChI is InChI=1S/C26H22N6O/c1-17-8-7-11-19(14-17)16-29-32-24(27)22(26(33)28-15-18-9-3-2-4-10-18)23-25(32)31-21-13-6-5-12-20(21)30-23/h2-14,16H,15,27H2,1H3,(H,28,33). The van der Waals surface area contributed by atoms with Crippen molar-refractivity contribution >= 4 is 40.1 Å². The Labute approximate surface area is 190 Å². The molecule has 5 aromatic rings. The second-order valence-electron chi connectivity index (χ2n) is 7.78. The molecule has 0 atom stereocenters. The number of anilines is 1. The van der Waals surface area contributed by atoms with E-state index in [0.717, 1.165) is 16.7 Å². The van der Waals surface area contributed by atoms with Gasteiger partial charge >= 0.3 is 0 Å². The van der Waals surface area contributed by atoms with Crippen molar-refractivity contribution in [1.82, 2.24) is 20.0 Å². The normalized spacial score (nSPS) is 11.4. The van der Waals surface area contributed by atoms with Gasteiger partial charge in [-0.3, -0.25) is 4.79 Å². The van der Waals surface area contributed by atoms with Crippen molar-refractivity contribution in [3.05, 3.63) is 101 Å². The summed E-state index contributed by atoms with van der Waals surface area (Å²) >= 11 is 0. The monoisotopic (exact) mass is 434 g/mol. The second-order valence-corrected chi connectivity index (χ2v) is 7.78. The fourth-order valence-electron chi connectivity index (χ4n) is 3.73. The summed E-state index contributed by atoms with van der Waals surface area (Å²) in [5.74, 6) is -0.134. The zero-order chi connectivity index (χ0) is 22.8. The highest BCUT2D eigenvalue weighted by Gasteiger charge is 2.24. The average Bonchev–Trinajstić information content (AvgIpc) is 3.10. The molecule has 3 aromatic carbocycles. The summed E-state index contributed by atoms with van der Waals surface area (Å²) < 4.78 is 1.48. The Balaban J connectivity index is 1.61. The zero-order valence-corrected chi connectivity index (χ0v) is 18.1. The van der Waals surface area contributed by atoms with Crippen molar-refractivity contribution in [2.45, 2.75) is 13.5 Å². The molecule has 3 N–H and O–H groups in total. The van der Waals surface area contributed by atoms with Crippen molar-refractivity contribution < 1.29 is 4.79 Å². The summed E-state index contributed by atoms with van der Waals surface area (Å²) in [5, 5.41) is 7.50. The fraction of sp³-hybridized carbons (Fsp3) is 0.0769. The van der Waals surface area contributed by atoms with E-state index < -0.39 is 0 Å². The Morgan fingerprint density at radius 2 is 1.73 bits per heavy atom. The molecule has 33 heavy (non-hydrogen) atoms. The molecule has 0 fully saturated rings. The summed E-state index contributed by atoms with van der Waals surface area (Å²) in [5.41, 5.74) is 12.0. The molecule has 2 heterocycles. The van der Waals surface area contributed by atoms with Gasteiger partial charge in [-0.2, -0.15) is 9.78 Å². The van der Waals surface area contributed by atoms with Crippen molar-refractivity contribution in [2.24, 2.45) is 5.10 Å². The highest BCUT2D eigenvalue weighted by atomic mass is 16.1. The molecule has 1 amide bonds. The fourth-order valence-corrected chi connectivity index (χ4v) is 3.73. The lowest BCUT2D eigenvalue weighted by Crippen LogP contribution is -2.23. The number of nitrogens with two attached hydrogens (primary N) is 1. The lowest BCUT2D eigenvalue weighted by atomic mass is 10.2. The molecule has 0 bridgehead atoms. The van der Waals surface area contributed by atoms with Crippen molar-refractivity contribution in [3.8, 4) is 0 Å². The van der Waals surface area contributed by atoms with Crippen LogP contribution in [0, 0.1) is 6.92 Å². The minimum atomic E-state index is -0.324. The summed E-state index contributed by atoms with van der Waals surface area (Å²) in [7, 11) is 0. The predicted octanol–water partition coefficient (Wildman–Crippen LogP) is 4.29. The van der Waals surface area contributed by atoms with Gasteiger partial charge in [0.1, 0.15) is 16.9 Å². The van der Waals surface area contributed by atoms with Gasteiger partial charge in [0, 0.05) is 6.54 Å². The van der Waals surface area contributed by atoms with Gasteiger partial charge in [-0.1, -0.05) is 72.3 Å². The van der Waals surface area contributed by atoms with E-state index in [-0.39, 0.29) is 17.3 Å².